The van der Waals surface area contributed by atoms with Gasteiger partial charge in [0, 0.05) is 31.1 Å². The number of aryl methyl sites for hydroxylation is 1. The van der Waals surface area contributed by atoms with Crippen molar-refractivity contribution < 1.29 is 29.0 Å². The zero-order chi connectivity index (χ0) is 38.9. The monoisotopic (exact) mass is 811 g/mol. The first-order chi connectivity index (χ1) is 23.7. The highest BCUT2D eigenvalue weighted by molar-refractivity contribution is 7.94. The maximum Gasteiger partial charge on any atom is 0.350 e. The van der Waals surface area contributed by atoms with Gasteiger partial charge in [-0.25, -0.2) is 4.79 Å². The summed E-state index contributed by atoms with van der Waals surface area (Å²) < 4.78 is 18.3. The Labute approximate surface area is 315 Å². The van der Waals surface area contributed by atoms with E-state index in [2.05, 4.69) is 55.4 Å². The largest absolute Gasteiger partial charge is 0.778 e. The Morgan fingerprint density at radius 2 is 1.76 bits per heavy atom. The van der Waals surface area contributed by atoms with Crippen molar-refractivity contribution >= 4 is 71.2 Å². The van der Waals surface area contributed by atoms with E-state index in [0.717, 1.165) is 31.6 Å². The molecule has 0 saturated heterocycles. The quantitative estimate of drug-likeness (QED) is 0.112. The van der Waals surface area contributed by atoms with Gasteiger partial charge in [-0.1, -0.05) is 29.1 Å². The highest BCUT2D eigenvalue weighted by atomic mass is 35.5. The molecule has 5 N–H and O–H groups in total. The lowest BCUT2D eigenvalue weighted by molar-refractivity contribution is -0.193. The third-order valence-electron chi connectivity index (χ3n) is 5.53. The molecule has 1 atom stereocenters. The van der Waals surface area contributed by atoms with E-state index < -0.39 is 26.4 Å². The number of rotatable bonds is 10. The first-order valence-corrected chi connectivity index (χ1v) is 20.6. The lowest BCUT2D eigenvalue weighted by atomic mass is 10.1. The summed E-state index contributed by atoms with van der Waals surface area (Å²) in [7, 11) is -3.71. The van der Waals surface area contributed by atoms with Crippen LogP contribution in [0.1, 0.15) is 46.4 Å². The maximum absolute atomic E-state index is 12.5. The van der Waals surface area contributed by atoms with Crippen LogP contribution in [0.25, 0.3) is 5.69 Å². The van der Waals surface area contributed by atoms with E-state index >= 15 is 0 Å². The zero-order valence-electron chi connectivity index (χ0n) is 29.5. The van der Waals surface area contributed by atoms with Gasteiger partial charge in [0.05, 0.1) is 47.3 Å². The minimum absolute atomic E-state index is 0.0788. The van der Waals surface area contributed by atoms with E-state index in [1.807, 2.05) is 33.0 Å². The van der Waals surface area contributed by atoms with Crippen LogP contribution in [-0.4, -0.2) is 95.6 Å². The molecule has 0 saturated carbocycles. The molecule has 0 radical (unpaired) electrons. The molecule has 284 valence electrons. The second-order valence-corrected chi connectivity index (χ2v) is 17.1. The third kappa shape index (κ3) is 18.8. The average Bonchev–Trinajstić information content (AvgIpc) is 3.31. The number of terminal acetylenes is 1. The second-order valence-electron chi connectivity index (χ2n) is 11.9. The SMILES string of the molecule is C#CCOc1cc(-n2nc3n(c2=O)CCCC3)c(Cl)cc1Cl.CCNc1nc(Cl)nc(NC(C)(C)C)n1.C[S+](C)C.O=C(O)CNCP(=O)([O-])O. The minimum Gasteiger partial charge on any atom is -0.778 e. The zero-order valence-corrected chi connectivity index (χ0v) is 33.5. The first-order valence-electron chi connectivity index (χ1n) is 15.3. The summed E-state index contributed by atoms with van der Waals surface area (Å²) in [6.07, 6.45) is 13.8. The fourth-order valence-electron chi connectivity index (χ4n) is 3.75. The van der Waals surface area contributed by atoms with E-state index in [9.17, 15) is 19.0 Å². The number of aliphatic carboxylic acids is 1. The van der Waals surface area contributed by atoms with Crippen molar-refractivity contribution in [1.82, 2.24) is 34.6 Å². The summed E-state index contributed by atoms with van der Waals surface area (Å²) >= 11 is 18.1. The lowest BCUT2D eigenvalue weighted by Gasteiger charge is -2.20. The molecule has 1 aromatic carbocycles. The van der Waals surface area contributed by atoms with Crippen LogP contribution < -0.4 is 31.3 Å². The number of nitrogens with one attached hydrogen (secondary N) is 3. The molecule has 0 amide bonds. The predicted molar refractivity (Wildman–Crippen MR) is 203 cm³/mol. The number of hydrogen-bond donors (Lipinski definition) is 5. The molecule has 51 heavy (non-hydrogen) atoms. The highest BCUT2D eigenvalue weighted by Crippen LogP contribution is 2.33. The van der Waals surface area contributed by atoms with Gasteiger partial charge in [-0.2, -0.15) is 19.6 Å². The number of fused-ring (bicyclic) bond motifs is 1. The average molecular weight is 813 g/mol. The van der Waals surface area contributed by atoms with Crippen molar-refractivity contribution in [3.05, 3.63) is 43.8 Å². The molecular weight excluding hydrogens is 768 g/mol. The van der Waals surface area contributed by atoms with Crippen LogP contribution in [0.3, 0.4) is 0 Å². The Kier molecular flexibility index (Phi) is 19.9. The van der Waals surface area contributed by atoms with Crippen molar-refractivity contribution in [2.75, 3.05) is 55.4 Å². The molecule has 0 bridgehead atoms. The minimum atomic E-state index is -4.35. The van der Waals surface area contributed by atoms with Crippen LogP contribution >= 0.6 is 42.4 Å². The topological polar surface area (TPSA) is 221 Å². The van der Waals surface area contributed by atoms with Crippen LogP contribution in [-0.2, 0) is 33.2 Å². The molecule has 1 aliphatic rings. The van der Waals surface area contributed by atoms with Gasteiger partial charge in [0.15, 0.2) is 0 Å². The summed E-state index contributed by atoms with van der Waals surface area (Å²) in [6, 6.07) is 3.11. The standard InChI is InChI=1S/C15H13Cl2N3O2.C9H16ClN5.C3H8NO5P.C3H9S/c1-2-7-22-13-9-12(10(16)8-11(13)17)20-15(21)19-6-4-3-5-14(19)18-20;1-5-11-7-12-6(10)13-8(14-7)15-9(2,3)4;5-3(6)1-4-2-10(7,8)9;1-4(2)3/h1,8-9H,3-7H2;5H2,1-4H3,(H2,11,12,13,14,15);4H,1-2H2,(H,5,6)(H2,7,8,9);1-3H3/q;;;+1/p-1. The van der Waals surface area contributed by atoms with E-state index in [1.165, 1.54) is 10.7 Å². The van der Waals surface area contributed by atoms with Gasteiger partial charge in [0.25, 0.3) is 0 Å². The molecule has 16 nitrogen and oxygen atoms in total. The second kappa shape index (κ2) is 22.1. The fraction of sp³-hybridized carbons (Fsp3) is 0.533. The Balaban J connectivity index is 0.000000390. The molecular formula is C30H45Cl3N9O7PS. The third-order valence-corrected chi connectivity index (χ3v) is 6.92. The highest BCUT2D eigenvalue weighted by Gasteiger charge is 2.20. The fourth-order valence-corrected chi connectivity index (χ4v) is 4.82. The number of benzene rings is 1. The summed E-state index contributed by atoms with van der Waals surface area (Å²) in [5, 5.41) is 21.3. The van der Waals surface area contributed by atoms with E-state index in [4.69, 9.17) is 56.0 Å². The molecule has 1 aliphatic heterocycles. The number of carbonyl (C=O) groups is 1. The Bertz CT molecular complexity index is 1720. The summed E-state index contributed by atoms with van der Waals surface area (Å²) in [6.45, 7) is 9.07. The lowest BCUT2D eigenvalue weighted by Crippen LogP contribution is -2.27. The molecule has 2 aromatic heterocycles. The van der Waals surface area contributed by atoms with Gasteiger partial charge < -0.3 is 34.8 Å². The number of halogens is 3. The van der Waals surface area contributed by atoms with Crippen molar-refractivity contribution in [2.45, 2.75) is 59.0 Å². The van der Waals surface area contributed by atoms with Crippen molar-refractivity contribution in [3.8, 4) is 23.8 Å². The Morgan fingerprint density at radius 1 is 1.14 bits per heavy atom. The number of nitrogens with zero attached hydrogens (tertiary/aromatic N) is 6. The smallest absolute Gasteiger partial charge is 0.350 e. The van der Waals surface area contributed by atoms with Crippen LogP contribution in [0, 0.1) is 12.3 Å². The molecule has 1 unspecified atom stereocenters. The summed E-state index contributed by atoms with van der Waals surface area (Å²) in [5.41, 5.74) is 0.126. The number of anilines is 2. The van der Waals surface area contributed by atoms with E-state index in [0.29, 0.717) is 50.8 Å². The van der Waals surface area contributed by atoms with Gasteiger partial charge in [-0.05, 0) is 69.1 Å². The van der Waals surface area contributed by atoms with Crippen LogP contribution in [0.4, 0.5) is 11.9 Å². The number of aromatic nitrogens is 6. The van der Waals surface area contributed by atoms with Crippen LogP contribution in [0.5, 0.6) is 5.75 Å². The van der Waals surface area contributed by atoms with E-state index in [1.54, 1.807) is 10.6 Å². The molecule has 0 aliphatic carbocycles. The molecule has 3 heterocycles. The van der Waals surface area contributed by atoms with Gasteiger partial charge in [-0.3, -0.25) is 14.7 Å². The van der Waals surface area contributed by atoms with Gasteiger partial charge in [-0.15, -0.1) is 11.5 Å². The van der Waals surface area contributed by atoms with Gasteiger partial charge >= 0.3 is 11.7 Å². The van der Waals surface area contributed by atoms with Crippen molar-refractivity contribution in [3.63, 3.8) is 0 Å². The molecule has 0 spiro atoms. The molecule has 3 aromatic rings. The maximum atomic E-state index is 12.5. The van der Waals surface area contributed by atoms with Crippen LogP contribution in [0.15, 0.2) is 16.9 Å². The van der Waals surface area contributed by atoms with E-state index in [-0.39, 0.29) is 23.1 Å². The molecule has 0 fully saturated rings. The Morgan fingerprint density at radius 3 is 2.29 bits per heavy atom. The Hall–Kier alpha value is -3.07. The number of ether oxygens (including phenoxy) is 1. The predicted octanol–water partition coefficient (Wildman–Crippen LogP) is 3.51. The van der Waals surface area contributed by atoms with Crippen molar-refractivity contribution in [1.29, 1.82) is 0 Å². The normalized spacial score (nSPS) is 13.0. The summed E-state index contributed by atoms with van der Waals surface area (Å²) in [4.78, 5) is 52.4. The summed E-state index contributed by atoms with van der Waals surface area (Å²) in [5.74, 6) is 3.31. The molecule has 4 rings (SSSR count). The first kappa shape index (κ1) is 46.0. The van der Waals surface area contributed by atoms with Gasteiger partial charge in [0.1, 0.15) is 25.8 Å². The number of carboxylic acid groups (broad SMARTS) is 1. The van der Waals surface area contributed by atoms with Crippen molar-refractivity contribution in [2.24, 2.45) is 0 Å². The number of hydrogen-bond acceptors (Lipinski definition) is 12. The molecule has 21 heteroatoms. The van der Waals surface area contributed by atoms with Gasteiger partial charge in [0.2, 0.25) is 17.2 Å². The number of carboxylic acids is 1. The van der Waals surface area contributed by atoms with Crippen LogP contribution in [0.2, 0.25) is 15.3 Å².